The van der Waals surface area contributed by atoms with Gasteiger partial charge in [0.15, 0.2) is 0 Å². The van der Waals surface area contributed by atoms with Crippen LogP contribution in [0.5, 0.6) is 0 Å². The number of allylic oxidation sites excluding steroid dienone is 2. The number of nitrogens with two attached hydrogens (primary N) is 1. The smallest absolute Gasteiger partial charge is 0.427 e. The van der Waals surface area contributed by atoms with Crippen LogP contribution in [-0.4, -0.2) is 37.1 Å². The number of benzene rings is 1. The van der Waals surface area contributed by atoms with Crippen LogP contribution in [0.2, 0.25) is 0 Å². The first kappa shape index (κ1) is 24.5. The number of amidine groups is 1. The lowest BCUT2D eigenvalue weighted by Crippen LogP contribution is -2.45. The van der Waals surface area contributed by atoms with Gasteiger partial charge in [-0.15, -0.1) is 0 Å². The van der Waals surface area contributed by atoms with Crippen molar-refractivity contribution in [2.24, 2.45) is 10.7 Å². The lowest BCUT2D eigenvalue weighted by molar-refractivity contribution is -0.239. The summed E-state index contributed by atoms with van der Waals surface area (Å²) in [7, 11) is -3.99. The molecule has 162 valence electrons. The minimum Gasteiger partial charge on any atom is -0.449 e. The van der Waals surface area contributed by atoms with Crippen LogP contribution in [0.4, 0.5) is 17.6 Å². The molecule has 0 aliphatic rings. The Morgan fingerprint density at radius 3 is 2.24 bits per heavy atom. The van der Waals surface area contributed by atoms with E-state index in [1.54, 1.807) is 6.92 Å². The van der Waals surface area contributed by atoms with E-state index in [1.807, 2.05) is 0 Å². The summed E-state index contributed by atoms with van der Waals surface area (Å²) in [5, 5.41) is 0. The van der Waals surface area contributed by atoms with Crippen LogP contribution in [0.3, 0.4) is 0 Å². The molecule has 11 heteroatoms. The van der Waals surface area contributed by atoms with Crippen LogP contribution in [-0.2, 0) is 14.8 Å². The van der Waals surface area contributed by atoms with Crippen molar-refractivity contribution < 1.29 is 30.7 Å². The number of nitrogens with zero attached hydrogens (tertiary/aromatic N) is 2. The van der Waals surface area contributed by atoms with Crippen molar-refractivity contribution in [2.75, 3.05) is 6.54 Å². The van der Waals surface area contributed by atoms with E-state index in [0.717, 1.165) is 42.4 Å². The predicted octanol–water partition coefficient (Wildman–Crippen LogP) is 3.93. The molecule has 29 heavy (non-hydrogen) atoms. The van der Waals surface area contributed by atoms with Gasteiger partial charge in [0.25, 0.3) is 16.0 Å². The van der Waals surface area contributed by atoms with Crippen molar-refractivity contribution in [3.8, 4) is 0 Å². The largest absolute Gasteiger partial charge is 0.449 e. The Bertz CT molecular complexity index is 905. The maximum Gasteiger partial charge on any atom is 0.427 e. The zero-order valence-corrected chi connectivity index (χ0v) is 17.2. The Morgan fingerprint density at radius 2 is 1.79 bits per heavy atom. The van der Waals surface area contributed by atoms with E-state index >= 15 is 0 Å². The first-order valence-corrected chi connectivity index (χ1v) is 9.81. The second-order valence-electron chi connectivity index (χ2n) is 6.46. The first-order chi connectivity index (χ1) is 13.1. The summed E-state index contributed by atoms with van der Waals surface area (Å²) in [6.45, 7) is 8.16. The van der Waals surface area contributed by atoms with Gasteiger partial charge in [0.05, 0.1) is 10.6 Å². The molecule has 0 fully saturated rings. The predicted molar refractivity (Wildman–Crippen MR) is 102 cm³/mol. The number of hydrogen-bond donors (Lipinski definition) is 1. The van der Waals surface area contributed by atoms with Gasteiger partial charge in [-0.05, 0) is 58.0 Å². The Kier molecular flexibility index (Phi) is 7.47. The summed E-state index contributed by atoms with van der Waals surface area (Å²) in [6.07, 6.45) is -3.45. The fourth-order valence-electron chi connectivity index (χ4n) is 2.17. The zero-order valence-electron chi connectivity index (χ0n) is 16.4. The van der Waals surface area contributed by atoms with Crippen LogP contribution in [0.15, 0.2) is 58.2 Å². The normalized spacial score (nSPS) is 13.9. The van der Waals surface area contributed by atoms with Gasteiger partial charge in [0.1, 0.15) is 5.82 Å². The summed E-state index contributed by atoms with van der Waals surface area (Å²) in [5.74, 6) is -0.584. The van der Waals surface area contributed by atoms with E-state index in [4.69, 9.17) is 5.73 Å². The molecule has 0 amide bonds. The van der Waals surface area contributed by atoms with Gasteiger partial charge in [-0.2, -0.15) is 18.2 Å². The molecule has 0 atom stereocenters. The molecule has 0 heterocycles. The van der Waals surface area contributed by atoms with Gasteiger partial charge in [0.2, 0.25) is 5.60 Å². The summed E-state index contributed by atoms with van der Waals surface area (Å²) in [4.78, 5) is 3.50. The summed E-state index contributed by atoms with van der Waals surface area (Å²) in [5.41, 5.74) is 2.89. The van der Waals surface area contributed by atoms with Crippen molar-refractivity contribution in [1.82, 2.24) is 4.31 Å². The first-order valence-electron chi connectivity index (χ1n) is 8.37. The van der Waals surface area contributed by atoms with E-state index in [1.165, 1.54) is 13.0 Å². The molecular weight excluding hydrogens is 414 g/mol. The van der Waals surface area contributed by atoms with Crippen molar-refractivity contribution in [1.29, 1.82) is 0 Å². The van der Waals surface area contributed by atoms with Crippen molar-refractivity contribution in [3.63, 3.8) is 0 Å². The number of sulfonamides is 1. The molecule has 0 saturated carbocycles. The second kappa shape index (κ2) is 8.85. The highest BCUT2D eigenvalue weighted by Crippen LogP contribution is 2.32. The van der Waals surface area contributed by atoms with Gasteiger partial charge in [-0.25, -0.2) is 12.8 Å². The molecule has 0 radical (unpaired) electrons. The number of aliphatic imine (C=N–C) groups is 1. The highest BCUT2D eigenvalue weighted by molar-refractivity contribution is 7.89. The van der Waals surface area contributed by atoms with E-state index in [9.17, 15) is 26.0 Å². The molecule has 1 rings (SSSR count). The zero-order chi connectivity index (χ0) is 22.6. The molecule has 6 nitrogen and oxygen atoms in total. The molecule has 0 aliphatic carbocycles. The Labute approximate surface area is 167 Å². The van der Waals surface area contributed by atoms with Crippen molar-refractivity contribution >= 4 is 16.0 Å². The molecule has 0 aliphatic heterocycles. The molecule has 2 N–H and O–H groups in total. The van der Waals surface area contributed by atoms with Crippen molar-refractivity contribution in [2.45, 2.75) is 44.4 Å². The highest BCUT2D eigenvalue weighted by Gasteiger charge is 2.50. The average Bonchev–Trinajstić information content (AvgIpc) is 2.53. The Balaban J connectivity index is 3.09. The van der Waals surface area contributed by atoms with Gasteiger partial charge < -0.3 is 10.5 Å². The SMILES string of the molecule is C=C(/C=C(\C)N(CC)S(=O)(=O)c1ccc(F)cc1)N=C(N)OC(C)(C)C(F)(F)F. The third-order valence-corrected chi connectivity index (χ3v) is 5.75. The molecule has 0 saturated heterocycles. The molecule has 0 spiro atoms. The third kappa shape index (κ3) is 6.21. The number of alkyl halides is 3. The lowest BCUT2D eigenvalue weighted by Gasteiger charge is -2.28. The van der Waals surface area contributed by atoms with E-state index in [0.29, 0.717) is 0 Å². The van der Waals surface area contributed by atoms with E-state index < -0.39 is 33.6 Å². The number of halogens is 4. The van der Waals surface area contributed by atoms with Crippen LogP contribution >= 0.6 is 0 Å². The number of ether oxygens (including phenoxy) is 1. The monoisotopic (exact) mass is 437 g/mol. The van der Waals surface area contributed by atoms with Crippen LogP contribution in [0.25, 0.3) is 0 Å². The molecule has 1 aromatic rings. The molecular formula is C18H23F4N3O3S. The molecule has 1 aromatic carbocycles. The number of hydrogen-bond acceptors (Lipinski definition) is 4. The quantitative estimate of drug-likeness (QED) is 0.303. The molecule has 0 unspecified atom stereocenters. The summed E-state index contributed by atoms with van der Waals surface area (Å²) >= 11 is 0. The van der Waals surface area contributed by atoms with Crippen LogP contribution in [0.1, 0.15) is 27.7 Å². The maximum absolute atomic E-state index is 13.1. The fraction of sp³-hybridized carbons (Fsp3) is 0.389. The standard InChI is InChI=1S/C18H23F4N3O3S/c1-6-25(29(26,27)15-9-7-14(19)8-10-15)13(3)11-12(2)24-16(23)28-17(4,5)18(20,21)22/h7-11H,2,6H2,1,3-5H3,(H2,23,24)/b13-11+. The van der Waals surface area contributed by atoms with Gasteiger partial charge in [0, 0.05) is 12.2 Å². The van der Waals surface area contributed by atoms with Gasteiger partial charge in [-0.1, -0.05) is 6.58 Å². The van der Waals surface area contributed by atoms with Gasteiger partial charge >= 0.3 is 6.18 Å². The van der Waals surface area contributed by atoms with E-state index in [-0.39, 0.29) is 22.8 Å². The molecule has 0 bridgehead atoms. The minimum absolute atomic E-state index is 0.0339. The molecule has 0 aromatic heterocycles. The van der Waals surface area contributed by atoms with Gasteiger partial charge in [-0.3, -0.25) is 4.31 Å². The topological polar surface area (TPSA) is 85.0 Å². The minimum atomic E-state index is -4.68. The Hall–Kier alpha value is -2.56. The third-order valence-electron chi connectivity index (χ3n) is 3.75. The van der Waals surface area contributed by atoms with Crippen LogP contribution in [0, 0.1) is 5.82 Å². The average molecular weight is 437 g/mol. The fourth-order valence-corrected chi connectivity index (χ4v) is 3.68. The summed E-state index contributed by atoms with van der Waals surface area (Å²) < 4.78 is 82.7. The van der Waals surface area contributed by atoms with Crippen LogP contribution < -0.4 is 5.73 Å². The second-order valence-corrected chi connectivity index (χ2v) is 8.32. The highest BCUT2D eigenvalue weighted by atomic mass is 32.2. The Morgan fingerprint density at radius 1 is 1.28 bits per heavy atom. The summed E-state index contributed by atoms with van der Waals surface area (Å²) in [6, 6.07) is 3.51. The van der Waals surface area contributed by atoms with E-state index in [2.05, 4.69) is 16.3 Å². The number of rotatable bonds is 7. The lowest BCUT2D eigenvalue weighted by atomic mass is 10.1. The maximum atomic E-state index is 13.1. The van der Waals surface area contributed by atoms with Crippen molar-refractivity contribution in [3.05, 3.63) is 54.1 Å².